The predicted octanol–water partition coefficient (Wildman–Crippen LogP) is 1.85. The Morgan fingerprint density at radius 3 is 2.40 bits per heavy atom. The number of rotatable bonds is 8. The normalized spacial score (nSPS) is 20.9. The van der Waals surface area contributed by atoms with Gasteiger partial charge >= 0.3 is 0 Å². The Morgan fingerprint density at radius 1 is 1.05 bits per heavy atom. The average Bonchev–Trinajstić information content (AvgIpc) is 2.42. The third kappa shape index (κ3) is 4.74. The lowest BCUT2D eigenvalue weighted by atomic mass is 10.0. The van der Waals surface area contributed by atoms with Crippen molar-refractivity contribution >= 4 is 5.91 Å². The van der Waals surface area contributed by atoms with Gasteiger partial charge in [-0.1, -0.05) is 39.0 Å². The van der Waals surface area contributed by atoms with Gasteiger partial charge in [-0.25, -0.2) is 0 Å². The number of likely N-dealkylation sites (tertiary alicyclic amines) is 1. The van der Waals surface area contributed by atoms with E-state index in [9.17, 15) is 4.79 Å². The van der Waals surface area contributed by atoms with E-state index in [4.69, 9.17) is 0 Å². The van der Waals surface area contributed by atoms with Crippen molar-refractivity contribution in [2.45, 2.75) is 57.9 Å². The van der Waals surface area contributed by atoms with Gasteiger partial charge in [0.2, 0.25) is 5.91 Å². The summed E-state index contributed by atoms with van der Waals surface area (Å²) in [5.74, 6) is 0.381. The topological polar surface area (TPSA) is 35.6 Å². The summed E-state index contributed by atoms with van der Waals surface area (Å²) in [7, 11) is 0. The van der Waals surface area contributed by atoms with Crippen LogP contribution in [-0.4, -0.2) is 61.0 Å². The van der Waals surface area contributed by atoms with Gasteiger partial charge in [-0.3, -0.25) is 9.69 Å². The number of unbranched alkanes of at least 4 members (excludes halogenated alkanes) is 5. The molecule has 0 spiro atoms. The summed E-state index contributed by atoms with van der Waals surface area (Å²) in [6.07, 6.45) is 8.33. The second-order valence-corrected chi connectivity index (χ2v) is 6.26. The van der Waals surface area contributed by atoms with E-state index in [1.54, 1.807) is 0 Å². The van der Waals surface area contributed by atoms with Gasteiger partial charge in [-0.05, 0) is 6.42 Å². The molecule has 116 valence electrons. The number of amides is 1. The van der Waals surface area contributed by atoms with Crippen molar-refractivity contribution in [3.8, 4) is 0 Å². The molecule has 0 radical (unpaired) electrons. The fourth-order valence-corrected chi connectivity index (χ4v) is 3.15. The quantitative estimate of drug-likeness (QED) is 0.690. The summed E-state index contributed by atoms with van der Waals surface area (Å²) < 4.78 is 0. The lowest BCUT2D eigenvalue weighted by Crippen LogP contribution is -2.63. The molecule has 4 nitrogen and oxygen atoms in total. The molecule has 4 heteroatoms. The summed E-state index contributed by atoms with van der Waals surface area (Å²) in [6, 6.07) is 0.630. The van der Waals surface area contributed by atoms with E-state index in [1.807, 2.05) is 0 Å². The molecule has 2 aliphatic heterocycles. The number of piperazine rings is 1. The number of hydrogen-bond acceptors (Lipinski definition) is 3. The predicted molar refractivity (Wildman–Crippen MR) is 82.8 cm³/mol. The van der Waals surface area contributed by atoms with Crippen molar-refractivity contribution in [3.05, 3.63) is 0 Å². The first-order valence-corrected chi connectivity index (χ1v) is 8.54. The molecule has 0 aromatic heterocycles. The van der Waals surface area contributed by atoms with Gasteiger partial charge < -0.3 is 10.2 Å². The van der Waals surface area contributed by atoms with Crippen molar-refractivity contribution in [2.24, 2.45) is 0 Å². The first-order chi connectivity index (χ1) is 9.81. The van der Waals surface area contributed by atoms with Crippen LogP contribution in [0, 0.1) is 0 Å². The van der Waals surface area contributed by atoms with E-state index in [2.05, 4.69) is 22.0 Å². The van der Waals surface area contributed by atoms with Gasteiger partial charge in [-0.2, -0.15) is 0 Å². The molecular formula is C16H31N3O. The third-order valence-electron chi connectivity index (χ3n) is 4.63. The Labute approximate surface area is 123 Å². The number of carbonyl (C=O) groups is 1. The van der Waals surface area contributed by atoms with Crippen molar-refractivity contribution in [2.75, 3.05) is 39.3 Å². The highest BCUT2D eigenvalue weighted by Gasteiger charge is 2.34. The molecule has 0 atom stereocenters. The van der Waals surface area contributed by atoms with Crippen LogP contribution < -0.4 is 5.32 Å². The van der Waals surface area contributed by atoms with E-state index in [0.717, 1.165) is 52.1 Å². The van der Waals surface area contributed by atoms with Crippen molar-refractivity contribution in [1.82, 2.24) is 15.1 Å². The third-order valence-corrected chi connectivity index (χ3v) is 4.63. The van der Waals surface area contributed by atoms with Gasteiger partial charge in [0.15, 0.2) is 0 Å². The maximum absolute atomic E-state index is 12.0. The maximum Gasteiger partial charge on any atom is 0.222 e. The Bertz CT molecular complexity index is 283. The molecule has 20 heavy (non-hydrogen) atoms. The number of carbonyl (C=O) groups excluding carboxylic acids is 1. The first-order valence-electron chi connectivity index (χ1n) is 8.54. The highest BCUT2D eigenvalue weighted by Crippen LogP contribution is 2.17. The van der Waals surface area contributed by atoms with Crippen molar-refractivity contribution in [3.63, 3.8) is 0 Å². The molecule has 2 aliphatic rings. The molecule has 2 fully saturated rings. The zero-order valence-electron chi connectivity index (χ0n) is 13.1. The monoisotopic (exact) mass is 281 g/mol. The summed E-state index contributed by atoms with van der Waals surface area (Å²) in [5.41, 5.74) is 0. The Balaban J connectivity index is 1.50. The smallest absolute Gasteiger partial charge is 0.222 e. The SMILES string of the molecule is CCCCCCCCC(=O)N1CC(N2CCNCC2)C1. The molecule has 0 aromatic rings. The van der Waals surface area contributed by atoms with Crippen LogP contribution in [-0.2, 0) is 4.79 Å². The van der Waals surface area contributed by atoms with Gasteiger partial charge in [0.05, 0.1) is 0 Å². The van der Waals surface area contributed by atoms with E-state index in [0.29, 0.717) is 11.9 Å². The molecule has 0 aliphatic carbocycles. The second kappa shape index (κ2) is 8.63. The summed E-state index contributed by atoms with van der Waals surface area (Å²) >= 11 is 0. The molecule has 0 aromatic carbocycles. The number of nitrogens with zero attached hydrogens (tertiary/aromatic N) is 2. The zero-order valence-corrected chi connectivity index (χ0v) is 13.1. The molecule has 1 N–H and O–H groups in total. The summed E-state index contributed by atoms with van der Waals surface area (Å²) in [5, 5.41) is 3.38. The first kappa shape index (κ1) is 15.8. The lowest BCUT2D eigenvalue weighted by molar-refractivity contribution is -0.139. The van der Waals surface area contributed by atoms with E-state index < -0.39 is 0 Å². The average molecular weight is 281 g/mol. The molecule has 2 saturated heterocycles. The summed E-state index contributed by atoms with van der Waals surface area (Å²) in [6.45, 7) is 8.66. The maximum atomic E-state index is 12.0. The zero-order chi connectivity index (χ0) is 14.2. The van der Waals surface area contributed by atoms with Crippen LogP contribution in [0.2, 0.25) is 0 Å². The molecular weight excluding hydrogens is 250 g/mol. The molecule has 1 amide bonds. The fourth-order valence-electron chi connectivity index (χ4n) is 3.15. The molecule has 2 rings (SSSR count). The van der Waals surface area contributed by atoms with Gasteiger partial charge in [-0.15, -0.1) is 0 Å². The van der Waals surface area contributed by atoms with E-state index in [1.165, 1.54) is 32.1 Å². The highest BCUT2D eigenvalue weighted by atomic mass is 16.2. The lowest BCUT2D eigenvalue weighted by Gasteiger charge is -2.46. The van der Waals surface area contributed by atoms with Crippen molar-refractivity contribution in [1.29, 1.82) is 0 Å². The minimum absolute atomic E-state index is 0.381. The second-order valence-electron chi connectivity index (χ2n) is 6.26. The van der Waals surface area contributed by atoms with Gasteiger partial charge in [0.1, 0.15) is 0 Å². The van der Waals surface area contributed by atoms with E-state index >= 15 is 0 Å². The standard InChI is InChI=1S/C16H31N3O/c1-2-3-4-5-6-7-8-16(20)19-13-15(14-19)18-11-9-17-10-12-18/h15,17H,2-14H2,1H3. The van der Waals surface area contributed by atoms with Crippen LogP contribution in [0.1, 0.15) is 51.9 Å². The molecule has 0 unspecified atom stereocenters. The minimum atomic E-state index is 0.381. The van der Waals surface area contributed by atoms with Crippen LogP contribution in [0.15, 0.2) is 0 Å². The Kier molecular flexibility index (Phi) is 6.80. The minimum Gasteiger partial charge on any atom is -0.339 e. The van der Waals surface area contributed by atoms with Gasteiger partial charge in [0.25, 0.3) is 0 Å². The Morgan fingerprint density at radius 2 is 1.70 bits per heavy atom. The van der Waals surface area contributed by atoms with Crippen LogP contribution in [0.4, 0.5) is 0 Å². The van der Waals surface area contributed by atoms with Crippen molar-refractivity contribution < 1.29 is 4.79 Å². The van der Waals surface area contributed by atoms with Gasteiger partial charge in [0, 0.05) is 51.7 Å². The fraction of sp³-hybridized carbons (Fsp3) is 0.938. The van der Waals surface area contributed by atoms with Crippen LogP contribution in [0.3, 0.4) is 0 Å². The largest absolute Gasteiger partial charge is 0.339 e. The highest BCUT2D eigenvalue weighted by molar-refractivity contribution is 5.77. The van der Waals surface area contributed by atoms with Crippen LogP contribution in [0.25, 0.3) is 0 Å². The number of hydrogen-bond donors (Lipinski definition) is 1. The van der Waals surface area contributed by atoms with E-state index in [-0.39, 0.29) is 0 Å². The summed E-state index contributed by atoms with van der Waals surface area (Å²) in [4.78, 5) is 16.6. The Hall–Kier alpha value is -0.610. The number of nitrogens with one attached hydrogen (secondary N) is 1. The van der Waals surface area contributed by atoms with Crippen LogP contribution >= 0.6 is 0 Å². The molecule has 2 heterocycles. The molecule has 0 bridgehead atoms. The van der Waals surface area contributed by atoms with Crippen LogP contribution in [0.5, 0.6) is 0 Å². The molecule has 0 saturated carbocycles.